The van der Waals surface area contributed by atoms with Gasteiger partial charge >= 0.3 is 0 Å². The van der Waals surface area contributed by atoms with E-state index >= 15 is 0 Å². The molecule has 0 bridgehead atoms. The first-order valence-corrected chi connectivity index (χ1v) is 6.71. The largest absolute Gasteiger partial charge is 0.299 e. The first-order chi connectivity index (χ1) is 9.04. The lowest BCUT2D eigenvalue weighted by molar-refractivity contribution is 0.592. The SMILES string of the molecule is Cn1cc(NS(=O)(=O)c2nc3ccncn3n2)cn1. The third-order valence-electron chi connectivity index (χ3n) is 2.32. The Hall–Kier alpha value is -2.49. The first kappa shape index (κ1) is 11.6. The standard InChI is InChI=1S/C9H9N7O2S/c1-15-5-7(4-11-15)14-19(17,18)9-12-8-2-3-10-6-16(8)13-9/h2-6,14H,1H3. The molecule has 0 spiro atoms. The second-order valence-electron chi connectivity index (χ2n) is 3.79. The normalized spacial score (nSPS) is 11.8. The summed E-state index contributed by atoms with van der Waals surface area (Å²) < 4.78 is 29.3. The van der Waals surface area contributed by atoms with Crippen LogP contribution in [0.15, 0.2) is 36.1 Å². The van der Waals surface area contributed by atoms with Gasteiger partial charge in [-0.3, -0.25) is 9.40 Å². The minimum Gasteiger partial charge on any atom is -0.274 e. The number of nitrogens with one attached hydrogen (secondary N) is 1. The highest BCUT2D eigenvalue weighted by molar-refractivity contribution is 7.92. The lowest BCUT2D eigenvalue weighted by Gasteiger charge is -2.00. The molecule has 98 valence electrons. The van der Waals surface area contributed by atoms with Crippen LogP contribution in [-0.2, 0) is 17.1 Å². The van der Waals surface area contributed by atoms with Crippen molar-refractivity contribution in [3.05, 3.63) is 31.0 Å². The highest BCUT2D eigenvalue weighted by atomic mass is 32.2. The molecule has 3 rings (SSSR count). The minimum absolute atomic E-state index is 0.315. The van der Waals surface area contributed by atoms with Crippen molar-refractivity contribution < 1.29 is 8.42 Å². The Balaban J connectivity index is 1.99. The number of sulfonamides is 1. The molecule has 1 N–H and O–H groups in total. The number of hydrogen-bond acceptors (Lipinski definition) is 6. The molecule has 0 aromatic carbocycles. The predicted octanol–water partition coefficient (Wildman–Crippen LogP) is -0.341. The zero-order chi connectivity index (χ0) is 13.5. The molecule has 0 aliphatic heterocycles. The number of rotatable bonds is 3. The van der Waals surface area contributed by atoms with Crippen LogP contribution >= 0.6 is 0 Å². The van der Waals surface area contributed by atoms with E-state index in [4.69, 9.17) is 0 Å². The Labute approximate surface area is 108 Å². The van der Waals surface area contributed by atoms with Crippen molar-refractivity contribution in [2.45, 2.75) is 5.16 Å². The monoisotopic (exact) mass is 279 g/mol. The fourth-order valence-electron chi connectivity index (χ4n) is 1.51. The quantitative estimate of drug-likeness (QED) is 0.702. The molecule has 19 heavy (non-hydrogen) atoms. The molecule has 0 radical (unpaired) electrons. The maximum Gasteiger partial charge on any atom is 0.299 e. The average Bonchev–Trinajstić information content (AvgIpc) is 2.95. The van der Waals surface area contributed by atoms with Crippen molar-refractivity contribution >= 4 is 21.4 Å². The van der Waals surface area contributed by atoms with Gasteiger partial charge in [0.1, 0.15) is 6.33 Å². The summed E-state index contributed by atoms with van der Waals surface area (Å²) in [6, 6.07) is 1.57. The van der Waals surface area contributed by atoms with E-state index in [0.717, 1.165) is 0 Å². The van der Waals surface area contributed by atoms with Crippen molar-refractivity contribution in [3.63, 3.8) is 0 Å². The van der Waals surface area contributed by atoms with Gasteiger partial charge in [0, 0.05) is 25.5 Å². The summed E-state index contributed by atoms with van der Waals surface area (Å²) in [5.74, 6) is 0. The van der Waals surface area contributed by atoms with Gasteiger partial charge in [0.25, 0.3) is 15.2 Å². The molecule has 0 saturated heterocycles. The summed E-state index contributed by atoms with van der Waals surface area (Å²) in [5.41, 5.74) is 0.751. The van der Waals surface area contributed by atoms with Gasteiger partial charge < -0.3 is 0 Å². The molecule has 0 aliphatic carbocycles. The molecule has 0 unspecified atom stereocenters. The van der Waals surface area contributed by atoms with Crippen LogP contribution in [0.1, 0.15) is 0 Å². The summed E-state index contributed by atoms with van der Waals surface area (Å²) in [5, 5.41) is 7.41. The fourth-order valence-corrected chi connectivity index (χ4v) is 2.43. The van der Waals surface area contributed by atoms with Crippen LogP contribution in [0.2, 0.25) is 0 Å². The van der Waals surface area contributed by atoms with E-state index in [1.807, 2.05) is 0 Å². The van der Waals surface area contributed by atoms with E-state index in [1.165, 1.54) is 34.1 Å². The molecule has 3 aromatic rings. The van der Waals surface area contributed by atoms with Crippen molar-refractivity contribution in [3.8, 4) is 0 Å². The van der Waals surface area contributed by atoms with Crippen LogP contribution in [0.4, 0.5) is 5.69 Å². The van der Waals surface area contributed by atoms with Gasteiger partial charge in [-0.05, 0) is 0 Å². The second-order valence-corrected chi connectivity index (χ2v) is 5.36. The highest BCUT2D eigenvalue weighted by Crippen LogP contribution is 2.12. The van der Waals surface area contributed by atoms with Gasteiger partial charge in [-0.15, -0.1) is 5.10 Å². The summed E-state index contributed by atoms with van der Waals surface area (Å²) in [6.45, 7) is 0. The fraction of sp³-hybridized carbons (Fsp3) is 0.111. The number of anilines is 1. The van der Waals surface area contributed by atoms with Gasteiger partial charge in [0.05, 0.1) is 11.9 Å². The molecule has 0 fully saturated rings. The van der Waals surface area contributed by atoms with Gasteiger partial charge in [-0.1, -0.05) is 0 Å². The molecule has 3 aromatic heterocycles. The average molecular weight is 279 g/mol. The lowest BCUT2D eigenvalue weighted by atomic mass is 10.6. The smallest absolute Gasteiger partial charge is 0.274 e. The first-order valence-electron chi connectivity index (χ1n) is 5.22. The molecular formula is C9H9N7O2S. The predicted molar refractivity (Wildman–Crippen MR) is 64.8 cm³/mol. The number of hydrogen-bond donors (Lipinski definition) is 1. The van der Waals surface area contributed by atoms with E-state index in [-0.39, 0.29) is 5.16 Å². The zero-order valence-electron chi connectivity index (χ0n) is 9.79. The third kappa shape index (κ3) is 2.12. The highest BCUT2D eigenvalue weighted by Gasteiger charge is 2.21. The van der Waals surface area contributed by atoms with Crippen LogP contribution < -0.4 is 4.72 Å². The molecule has 0 atom stereocenters. The molecular weight excluding hydrogens is 270 g/mol. The Morgan fingerprint density at radius 1 is 1.37 bits per heavy atom. The maximum atomic E-state index is 12.1. The zero-order valence-corrected chi connectivity index (χ0v) is 10.6. The molecule has 10 heteroatoms. The molecule has 0 saturated carbocycles. The Bertz CT molecular complexity index is 802. The third-order valence-corrected chi connectivity index (χ3v) is 3.48. The molecule has 9 nitrogen and oxygen atoms in total. The van der Waals surface area contributed by atoms with Gasteiger partial charge in [-0.25, -0.2) is 9.50 Å². The number of aromatic nitrogens is 6. The van der Waals surface area contributed by atoms with Gasteiger partial charge in [-0.2, -0.15) is 18.5 Å². The topological polar surface area (TPSA) is 107 Å². The summed E-state index contributed by atoms with van der Waals surface area (Å²) in [4.78, 5) is 7.75. The maximum absolute atomic E-state index is 12.1. The van der Waals surface area contributed by atoms with Crippen LogP contribution in [0, 0.1) is 0 Å². The summed E-state index contributed by atoms with van der Waals surface area (Å²) >= 11 is 0. The number of nitrogens with zero attached hydrogens (tertiary/aromatic N) is 6. The van der Waals surface area contributed by atoms with E-state index < -0.39 is 10.0 Å². The van der Waals surface area contributed by atoms with Crippen LogP contribution in [-0.4, -0.2) is 37.8 Å². The van der Waals surface area contributed by atoms with Crippen molar-refractivity contribution in [2.75, 3.05) is 4.72 Å². The Morgan fingerprint density at radius 3 is 2.89 bits per heavy atom. The number of aryl methyl sites for hydroxylation is 1. The van der Waals surface area contributed by atoms with Gasteiger partial charge in [0.2, 0.25) is 0 Å². The number of fused-ring (bicyclic) bond motifs is 1. The van der Waals surface area contributed by atoms with E-state index in [2.05, 4.69) is 24.9 Å². The van der Waals surface area contributed by atoms with Crippen LogP contribution in [0.5, 0.6) is 0 Å². The van der Waals surface area contributed by atoms with E-state index in [1.54, 1.807) is 13.1 Å². The van der Waals surface area contributed by atoms with Crippen LogP contribution in [0.25, 0.3) is 5.65 Å². The Kier molecular flexibility index (Phi) is 2.45. The summed E-state index contributed by atoms with van der Waals surface area (Å²) in [6.07, 6.45) is 5.82. The van der Waals surface area contributed by atoms with Crippen molar-refractivity contribution in [1.29, 1.82) is 0 Å². The van der Waals surface area contributed by atoms with Crippen molar-refractivity contribution in [1.82, 2.24) is 29.4 Å². The second kappa shape index (κ2) is 4.02. The van der Waals surface area contributed by atoms with Gasteiger partial charge in [0.15, 0.2) is 5.65 Å². The Morgan fingerprint density at radius 2 is 2.21 bits per heavy atom. The molecule has 0 amide bonds. The molecule has 0 aliphatic rings. The minimum atomic E-state index is -3.84. The summed E-state index contributed by atoms with van der Waals surface area (Å²) in [7, 11) is -2.15. The molecule has 3 heterocycles. The van der Waals surface area contributed by atoms with Crippen LogP contribution in [0.3, 0.4) is 0 Å². The van der Waals surface area contributed by atoms with E-state index in [0.29, 0.717) is 11.3 Å². The van der Waals surface area contributed by atoms with E-state index in [9.17, 15) is 8.42 Å². The van der Waals surface area contributed by atoms with Crippen molar-refractivity contribution in [2.24, 2.45) is 7.05 Å². The lowest BCUT2D eigenvalue weighted by Crippen LogP contribution is -2.14.